The predicted octanol–water partition coefficient (Wildman–Crippen LogP) is 5.38. The molecule has 2 aromatic carbocycles. The van der Waals surface area contributed by atoms with Crippen LogP contribution in [0, 0.1) is 0 Å². The summed E-state index contributed by atoms with van der Waals surface area (Å²) in [6.45, 7) is -0.157. The molecule has 8 heteroatoms. The number of hydrogen-bond acceptors (Lipinski definition) is 5. The van der Waals surface area contributed by atoms with Crippen LogP contribution in [0.25, 0.3) is 0 Å². The van der Waals surface area contributed by atoms with E-state index in [1.54, 1.807) is 30.3 Å². The highest BCUT2D eigenvalue weighted by atomic mass is 79.9. The SMILES string of the molecule is O=C(COc1ccc(Cl)cc1)N/N=C\c1cc(Br)c(Sc2ccccc2)o1. The van der Waals surface area contributed by atoms with Crippen molar-refractivity contribution in [2.45, 2.75) is 9.99 Å². The van der Waals surface area contributed by atoms with Gasteiger partial charge in [-0.15, -0.1) is 0 Å². The molecule has 0 aliphatic rings. The second-order valence-corrected chi connectivity index (χ2v) is 7.57. The molecular formula is C19H14BrClN2O3S. The van der Waals surface area contributed by atoms with E-state index in [1.807, 2.05) is 30.3 Å². The van der Waals surface area contributed by atoms with E-state index < -0.39 is 0 Å². The Labute approximate surface area is 173 Å². The Morgan fingerprint density at radius 2 is 1.96 bits per heavy atom. The molecule has 0 atom stereocenters. The first-order valence-corrected chi connectivity index (χ1v) is 9.81. The molecule has 138 valence electrons. The molecule has 0 aliphatic heterocycles. The topological polar surface area (TPSA) is 63.8 Å². The zero-order valence-electron chi connectivity index (χ0n) is 13.9. The Morgan fingerprint density at radius 3 is 2.70 bits per heavy atom. The van der Waals surface area contributed by atoms with Crippen LogP contribution >= 0.6 is 39.3 Å². The molecule has 3 rings (SSSR count). The summed E-state index contributed by atoms with van der Waals surface area (Å²) in [6.07, 6.45) is 1.43. The molecule has 0 radical (unpaired) electrons. The quantitative estimate of drug-likeness (QED) is 0.376. The third-order valence-corrected chi connectivity index (χ3v) is 5.29. The van der Waals surface area contributed by atoms with Crippen molar-refractivity contribution < 1.29 is 13.9 Å². The van der Waals surface area contributed by atoms with Crippen molar-refractivity contribution in [2.75, 3.05) is 6.61 Å². The molecule has 0 unspecified atom stereocenters. The Bertz CT molecular complexity index is 930. The van der Waals surface area contributed by atoms with Crippen molar-refractivity contribution in [2.24, 2.45) is 5.10 Å². The lowest BCUT2D eigenvalue weighted by molar-refractivity contribution is -0.123. The Kier molecular flexibility index (Phi) is 6.98. The van der Waals surface area contributed by atoms with Crippen LogP contribution in [-0.2, 0) is 4.79 Å². The molecule has 5 nitrogen and oxygen atoms in total. The van der Waals surface area contributed by atoms with Gasteiger partial charge in [0.2, 0.25) is 0 Å². The molecular weight excluding hydrogens is 452 g/mol. The van der Waals surface area contributed by atoms with Crippen LogP contribution in [0.1, 0.15) is 5.76 Å². The number of benzene rings is 2. The lowest BCUT2D eigenvalue weighted by Crippen LogP contribution is -2.24. The molecule has 3 aromatic rings. The number of furan rings is 1. The fraction of sp³-hybridized carbons (Fsp3) is 0.0526. The van der Waals surface area contributed by atoms with Crippen molar-refractivity contribution in [3.63, 3.8) is 0 Å². The van der Waals surface area contributed by atoms with Crippen LogP contribution in [-0.4, -0.2) is 18.7 Å². The molecule has 0 bridgehead atoms. The van der Waals surface area contributed by atoms with E-state index in [9.17, 15) is 4.79 Å². The molecule has 0 fully saturated rings. The van der Waals surface area contributed by atoms with E-state index in [4.69, 9.17) is 20.8 Å². The van der Waals surface area contributed by atoms with Crippen LogP contribution in [0.2, 0.25) is 5.02 Å². The zero-order valence-corrected chi connectivity index (χ0v) is 17.1. The molecule has 0 saturated carbocycles. The first-order valence-electron chi connectivity index (χ1n) is 7.82. The maximum absolute atomic E-state index is 11.8. The summed E-state index contributed by atoms with van der Waals surface area (Å²) in [7, 11) is 0. The van der Waals surface area contributed by atoms with Crippen LogP contribution in [0.15, 0.2) is 84.6 Å². The average molecular weight is 466 g/mol. The number of rotatable bonds is 7. The molecule has 1 aromatic heterocycles. The zero-order chi connectivity index (χ0) is 19.1. The van der Waals surface area contributed by atoms with Crippen molar-refractivity contribution in [3.05, 3.63) is 75.9 Å². The Balaban J connectivity index is 1.50. The minimum atomic E-state index is -0.384. The van der Waals surface area contributed by atoms with Crippen molar-refractivity contribution in [3.8, 4) is 5.75 Å². The number of nitrogens with zero attached hydrogens (tertiary/aromatic N) is 1. The van der Waals surface area contributed by atoms with E-state index in [2.05, 4.69) is 26.5 Å². The third-order valence-electron chi connectivity index (χ3n) is 3.19. The normalized spacial score (nSPS) is 10.9. The van der Waals surface area contributed by atoms with Gasteiger partial charge in [-0.05, 0) is 52.3 Å². The maximum Gasteiger partial charge on any atom is 0.277 e. The lowest BCUT2D eigenvalue weighted by Gasteiger charge is -2.04. The monoisotopic (exact) mass is 464 g/mol. The van der Waals surface area contributed by atoms with Crippen molar-refractivity contribution in [1.29, 1.82) is 0 Å². The second-order valence-electron chi connectivity index (χ2n) is 5.24. The number of hydrogen-bond donors (Lipinski definition) is 1. The van der Waals surface area contributed by atoms with Gasteiger partial charge in [0.05, 0.1) is 10.7 Å². The third kappa shape index (κ3) is 6.16. The number of amides is 1. The van der Waals surface area contributed by atoms with Gasteiger partial charge in [-0.25, -0.2) is 5.43 Å². The first kappa shape index (κ1) is 19.5. The number of halogens is 2. The highest BCUT2D eigenvalue weighted by molar-refractivity contribution is 9.10. The average Bonchev–Trinajstić information content (AvgIpc) is 3.01. The summed E-state index contributed by atoms with van der Waals surface area (Å²) < 4.78 is 11.9. The summed E-state index contributed by atoms with van der Waals surface area (Å²) in [6, 6.07) is 18.4. The number of hydrazone groups is 1. The molecule has 1 amide bonds. The first-order chi connectivity index (χ1) is 13.1. The highest BCUT2D eigenvalue weighted by Gasteiger charge is 2.09. The van der Waals surface area contributed by atoms with Crippen LogP contribution in [0.4, 0.5) is 0 Å². The van der Waals surface area contributed by atoms with E-state index in [1.165, 1.54) is 18.0 Å². The van der Waals surface area contributed by atoms with Gasteiger partial charge < -0.3 is 9.15 Å². The van der Waals surface area contributed by atoms with Crippen LogP contribution in [0.3, 0.4) is 0 Å². The van der Waals surface area contributed by atoms with Gasteiger partial charge >= 0.3 is 0 Å². The van der Waals surface area contributed by atoms with Gasteiger partial charge in [-0.1, -0.05) is 41.6 Å². The Morgan fingerprint density at radius 1 is 1.22 bits per heavy atom. The van der Waals surface area contributed by atoms with Gasteiger partial charge in [0.1, 0.15) is 11.5 Å². The molecule has 27 heavy (non-hydrogen) atoms. The van der Waals surface area contributed by atoms with E-state index in [0.29, 0.717) is 21.6 Å². The fourth-order valence-corrected chi connectivity index (χ4v) is 3.45. The van der Waals surface area contributed by atoms with Crippen molar-refractivity contribution in [1.82, 2.24) is 5.43 Å². The number of ether oxygens (including phenoxy) is 1. The van der Waals surface area contributed by atoms with Gasteiger partial charge in [-0.3, -0.25) is 4.79 Å². The van der Waals surface area contributed by atoms with Gasteiger partial charge in [0.15, 0.2) is 11.7 Å². The van der Waals surface area contributed by atoms with E-state index in [-0.39, 0.29) is 12.5 Å². The molecule has 1 N–H and O–H groups in total. The molecule has 0 aliphatic carbocycles. The fourth-order valence-electron chi connectivity index (χ4n) is 1.98. The highest BCUT2D eigenvalue weighted by Crippen LogP contribution is 2.35. The summed E-state index contributed by atoms with van der Waals surface area (Å²) in [5.41, 5.74) is 2.39. The number of carbonyl (C=O) groups excluding carboxylic acids is 1. The predicted molar refractivity (Wildman–Crippen MR) is 110 cm³/mol. The summed E-state index contributed by atoms with van der Waals surface area (Å²) >= 11 is 10.7. The van der Waals surface area contributed by atoms with Crippen LogP contribution < -0.4 is 10.2 Å². The smallest absolute Gasteiger partial charge is 0.277 e. The van der Waals surface area contributed by atoms with Crippen LogP contribution in [0.5, 0.6) is 5.75 Å². The molecule has 1 heterocycles. The van der Waals surface area contributed by atoms with Gasteiger partial charge in [-0.2, -0.15) is 5.10 Å². The minimum Gasteiger partial charge on any atom is -0.484 e. The van der Waals surface area contributed by atoms with E-state index in [0.717, 1.165) is 9.37 Å². The van der Waals surface area contributed by atoms with Gasteiger partial charge in [0.25, 0.3) is 5.91 Å². The lowest BCUT2D eigenvalue weighted by atomic mass is 10.3. The summed E-state index contributed by atoms with van der Waals surface area (Å²) in [5, 5.41) is 5.19. The molecule has 0 saturated heterocycles. The largest absolute Gasteiger partial charge is 0.484 e. The van der Waals surface area contributed by atoms with E-state index >= 15 is 0 Å². The maximum atomic E-state index is 11.8. The number of carbonyl (C=O) groups is 1. The standard InChI is InChI=1S/C19H14BrClN2O3S/c20-17-10-15(26-19(17)27-16-4-2-1-3-5-16)11-22-23-18(24)12-25-14-8-6-13(21)7-9-14/h1-11H,12H2,(H,23,24)/b22-11-. The van der Waals surface area contributed by atoms with Crippen molar-refractivity contribution >= 4 is 51.4 Å². The number of nitrogens with one attached hydrogen (secondary N) is 1. The Hall–Kier alpha value is -2.22. The molecule has 0 spiro atoms. The summed E-state index contributed by atoms with van der Waals surface area (Å²) in [5.74, 6) is 0.681. The summed E-state index contributed by atoms with van der Waals surface area (Å²) in [4.78, 5) is 12.8. The second kappa shape index (κ2) is 9.64. The van der Waals surface area contributed by atoms with Gasteiger partial charge in [0, 0.05) is 16.0 Å². The minimum absolute atomic E-state index is 0.157.